The number of H-pyrrole nitrogens is 1. The van der Waals surface area contributed by atoms with E-state index in [1.165, 1.54) is 20.9 Å². The molecule has 7 nitrogen and oxygen atoms in total. The molecule has 0 aliphatic heterocycles. The molecular formula is C14H21N3O4. The van der Waals surface area contributed by atoms with Crippen LogP contribution < -0.4 is 5.56 Å². The Morgan fingerprint density at radius 1 is 1.33 bits per heavy atom. The lowest BCUT2D eigenvalue weighted by Crippen LogP contribution is -2.52. The van der Waals surface area contributed by atoms with Gasteiger partial charge < -0.3 is 15.0 Å². The molecule has 0 saturated carbocycles. The highest BCUT2D eigenvalue weighted by molar-refractivity contribution is 5.97. The number of nitrogens with one attached hydrogen (secondary N) is 1. The molecule has 1 amide bonds. The van der Waals surface area contributed by atoms with Gasteiger partial charge in [-0.25, -0.2) is 9.78 Å². The van der Waals surface area contributed by atoms with Gasteiger partial charge in [-0.2, -0.15) is 0 Å². The van der Waals surface area contributed by atoms with Crippen LogP contribution in [0.2, 0.25) is 0 Å². The van der Waals surface area contributed by atoms with E-state index in [0.29, 0.717) is 11.5 Å². The fourth-order valence-corrected chi connectivity index (χ4v) is 1.70. The molecular weight excluding hydrogens is 274 g/mol. The molecule has 0 atom stereocenters. The van der Waals surface area contributed by atoms with Crippen LogP contribution in [0.1, 0.15) is 55.5 Å². The summed E-state index contributed by atoms with van der Waals surface area (Å²) in [5, 5.41) is 9.17. The summed E-state index contributed by atoms with van der Waals surface area (Å²) < 4.78 is 0. The minimum absolute atomic E-state index is 0.0220. The number of amides is 1. The Kier molecular flexibility index (Phi) is 4.56. The first kappa shape index (κ1) is 16.9. The molecule has 1 aromatic heterocycles. The minimum Gasteiger partial charge on any atom is -0.480 e. The molecule has 0 saturated heterocycles. The van der Waals surface area contributed by atoms with Crippen LogP contribution >= 0.6 is 0 Å². The maximum atomic E-state index is 12.4. The van der Waals surface area contributed by atoms with Gasteiger partial charge in [-0.1, -0.05) is 13.8 Å². The molecule has 1 heterocycles. The summed E-state index contributed by atoms with van der Waals surface area (Å²) >= 11 is 0. The van der Waals surface area contributed by atoms with Crippen LogP contribution in [0.4, 0.5) is 0 Å². The standard InChI is InChI=1S/C14H21N3O4/c1-7(2)10-15-8(3)9(11(18)16-10)12(19)17(6)14(4,5)13(20)21/h7H,1-6H3,(H,20,21)(H,15,16,18). The van der Waals surface area contributed by atoms with E-state index in [4.69, 9.17) is 5.11 Å². The van der Waals surface area contributed by atoms with Gasteiger partial charge in [0.15, 0.2) is 0 Å². The minimum atomic E-state index is -1.42. The summed E-state index contributed by atoms with van der Waals surface area (Å²) in [5.41, 5.74) is -1.81. The molecule has 1 rings (SSSR count). The van der Waals surface area contributed by atoms with E-state index in [2.05, 4.69) is 9.97 Å². The number of carbonyl (C=O) groups is 2. The van der Waals surface area contributed by atoms with Crippen molar-refractivity contribution in [2.45, 2.75) is 46.1 Å². The van der Waals surface area contributed by atoms with Gasteiger partial charge in [0, 0.05) is 13.0 Å². The van der Waals surface area contributed by atoms with Crippen molar-refractivity contribution in [1.29, 1.82) is 0 Å². The Bertz CT molecular complexity index is 632. The van der Waals surface area contributed by atoms with Gasteiger partial charge in [0.2, 0.25) is 0 Å². The summed E-state index contributed by atoms with van der Waals surface area (Å²) in [5.74, 6) is -1.30. The van der Waals surface area contributed by atoms with Crippen LogP contribution in [-0.4, -0.2) is 44.4 Å². The number of likely N-dealkylation sites (N-methyl/N-ethyl adjacent to an activating group) is 1. The fraction of sp³-hybridized carbons (Fsp3) is 0.571. The van der Waals surface area contributed by atoms with Gasteiger partial charge >= 0.3 is 5.97 Å². The number of carbonyl (C=O) groups excluding carboxylic acids is 1. The third kappa shape index (κ3) is 3.12. The van der Waals surface area contributed by atoms with Crippen LogP contribution in [-0.2, 0) is 4.79 Å². The predicted molar refractivity (Wildman–Crippen MR) is 77.5 cm³/mol. The van der Waals surface area contributed by atoms with Crippen LogP contribution in [0, 0.1) is 6.92 Å². The van der Waals surface area contributed by atoms with Crippen molar-refractivity contribution in [3.63, 3.8) is 0 Å². The molecule has 0 aliphatic rings. The maximum Gasteiger partial charge on any atom is 0.329 e. The lowest BCUT2D eigenvalue weighted by molar-refractivity contribution is -0.147. The van der Waals surface area contributed by atoms with E-state index in [0.717, 1.165) is 4.90 Å². The van der Waals surface area contributed by atoms with Gasteiger partial charge in [-0.05, 0) is 20.8 Å². The van der Waals surface area contributed by atoms with Crippen LogP contribution in [0.5, 0.6) is 0 Å². The maximum absolute atomic E-state index is 12.4. The van der Waals surface area contributed by atoms with Gasteiger partial charge in [0.25, 0.3) is 11.5 Å². The number of hydrogen-bond acceptors (Lipinski definition) is 4. The topological polar surface area (TPSA) is 103 Å². The summed E-state index contributed by atoms with van der Waals surface area (Å²) in [6.07, 6.45) is 0. The largest absolute Gasteiger partial charge is 0.480 e. The number of carboxylic acids is 1. The first-order valence-electron chi connectivity index (χ1n) is 6.62. The lowest BCUT2D eigenvalue weighted by atomic mass is 10.0. The Morgan fingerprint density at radius 3 is 2.24 bits per heavy atom. The number of aromatic amines is 1. The molecule has 0 bridgehead atoms. The van der Waals surface area contributed by atoms with E-state index < -0.39 is 23.0 Å². The molecule has 0 aliphatic carbocycles. The molecule has 0 aromatic carbocycles. The molecule has 0 spiro atoms. The number of hydrogen-bond donors (Lipinski definition) is 2. The van der Waals surface area contributed by atoms with Gasteiger partial charge in [-0.15, -0.1) is 0 Å². The van der Waals surface area contributed by atoms with E-state index in [1.807, 2.05) is 13.8 Å². The Labute approximate surface area is 123 Å². The lowest BCUT2D eigenvalue weighted by Gasteiger charge is -2.31. The van der Waals surface area contributed by atoms with Crippen molar-refractivity contribution >= 4 is 11.9 Å². The summed E-state index contributed by atoms with van der Waals surface area (Å²) in [6.45, 7) is 8.10. The van der Waals surface area contributed by atoms with Crippen molar-refractivity contribution in [2.24, 2.45) is 0 Å². The van der Waals surface area contributed by atoms with Gasteiger partial charge in [0.05, 0.1) is 5.69 Å². The average molecular weight is 295 g/mol. The van der Waals surface area contributed by atoms with Crippen molar-refractivity contribution in [1.82, 2.24) is 14.9 Å². The van der Waals surface area contributed by atoms with Crippen molar-refractivity contribution in [2.75, 3.05) is 7.05 Å². The summed E-state index contributed by atoms with van der Waals surface area (Å²) in [7, 11) is 1.35. The second-order valence-electron chi connectivity index (χ2n) is 5.79. The number of aliphatic carboxylic acids is 1. The van der Waals surface area contributed by atoms with Crippen molar-refractivity contribution < 1.29 is 14.7 Å². The number of aryl methyl sites for hydroxylation is 1. The first-order chi connectivity index (χ1) is 9.50. The van der Waals surface area contributed by atoms with Crippen molar-refractivity contribution in [3.05, 3.63) is 27.4 Å². The molecule has 0 unspecified atom stereocenters. The highest BCUT2D eigenvalue weighted by atomic mass is 16.4. The highest BCUT2D eigenvalue weighted by Crippen LogP contribution is 2.17. The summed E-state index contributed by atoms with van der Waals surface area (Å²) in [6, 6.07) is 0. The van der Waals surface area contributed by atoms with E-state index in [9.17, 15) is 14.4 Å². The first-order valence-corrected chi connectivity index (χ1v) is 6.62. The Hall–Kier alpha value is -2.18. The zero-order valence-corrected chi connectivity index (χ0v) is 13.1. The van der Waals surface area contributed by atoms with Crippen LogP contribution in [0.25, 0.3) is 0 Å². The average Bonchev–Trinajstić information content (AvgIpc) is 2.36. The second kappa shape index (κ2) is 5.67. The molecule has 0 radical (unpaired) electrons. The zero-order valence-electron chi connectivity index (χ0n) is 13.1. The quantitative estimate of drug-likeness (QED) is 0.866. The zero-order chi connectivity index (χ0) is 16.5. The SMILES string of the molecule is Cc1nc(C(C)C)[nH]c(=O)c1C(=O)N(C)C(C)(C)C(=O)O. The Balaban J connectivity index is 3.33. The predicted octanol–water partition coefficient (Wildman–Crippen LogP) is 1.14. The number of rotatable bonds is 4. The number of nitrogens with zero attached hydrogens (tertiary/aromatic N) is 2. The number of aromatic nitrogens is 2. The van der Waals surface area contributed by atoms with E-state index in [1.54, 1.807) is 6.92 Å². The highest BCUT2D eigenvalue weighted by Gasteiger charge is 2.37. The summed E-state index contributed by atoms with van der Waals surface area (Å²) in [4.78, 5) is 43.6. The second-order valence-corrected chi connectivity index (χ2v) is 5.79. The van der Waals surface area contributed by atoms with E-state index in [-0.39, 0.29) is 11.5 Å². The Morgan fingerprint density at radius 2 is 1.86 bits per heavy atom. The third-order valence-corrected chi connectivity index (χ3v) is 3.55. The van der Waals surface area contributed by atoms with E-state index >= 15 is 0 Å². The number of carboxylic acid groups (broad SMARTS) is 1. The van der Waals surface area contributed by atoms with Crippen molar-refractivity contribution in [3.8, 4) is 0 Å². The van der Waals surface area contributed by atoms with Crippen LogP contribution in [0.15, 0.2) is 4.79 Å². The molecule has 2 N–H and O–H groups in total. The fourth-order valence-electron chi connectivity index (χ4n) is 1.70. The van der Waals surface area contributed by atoms with Gasteiger partial charge in [-0.3, -0.25) is 9.59 Å². The third-order valence-electron chi connectivity index (χ3n) is 3.55. The normalized spacial score (nSPS) is 11.6. The van der Waals surface area contributed by atoms with Crippen LogP contribution in [0.3, 0.4) is 0 Å². The van der Waals surface area contributed by atoms with Gasteiger partial charge in [0.1, 0.15) is 16.9 Å². The molecule has 21 heavy (non-hydrogen) atoms. The molecule has 1 aromatic rings. The smallest absolute Gasteiger partial charge is 0.329 e. The molecule has 0 fully saturated rings. The molecule has 7 heteroatoms. The molecule has 116 valence electrons. The monoisotopic (exact) mass is 295 g/mol.